The van der Waals surface area contributed by atoms with E-state index in [0.29, 0.717) is 31.5 Å². The van der Waals surface area contributed by atoms with Gasteiger partial charge in [-0.3, -0.25) is 14.4 Å². The highest BCUT2D eigenvalue weighted by atomic mass is 16.6. The maximum Gasteiger partial charge on any atom is 0.313 e. The first-order chi connectivity index (χ1) is 27.0. The molecule has 11 rings (SSSR count). The number of ether oxygens (including phenoxy) is 1. The topological polar surface area (TPSA) is 104 Å². The second-order valence-corrected chi connectivity index (χ2v) is 21.5. The number of hydrogen-bond acceptors (Lipinski definition) is 6. The molecule has 9 aliphatic rings. The lowest BCUT2D eigenvalue weighted by molar-refractivity contribution is -0.189. The van der Waals surface area contributed by atoms with E-state index in [2.05, 4.69) is 56.3 Å². The normalized spacial score (nSPS) is 43.9. The fraction of sp³-hybridized carbons (Fsp3) is 0.660. The van der Waals surface area contributed by atoms with Gasteiger partial charge in [0, 0.05) is 39.7 Å². The average Bonchev–Trinajstić information content (AvgIpc) is 3.65. The number of benzene rings is 2. The first kappa shape index (κ1) is 37.9. The van der Waals surface area contributed by atoms with Crippen molar-refractivity contribution in [2.24, 2.45) is 50.2 Å². The SMILES string of the molecule is CC12CCC(C(=O)N(Cc3cccc4ccccc34)CC3(O)CCC4C56C=CC7(C=C5C(=O)C5CCCCC5)CC(O)CCC7(C)C6CCC43C)(OC1=O)C2(C)C. The summed E-state index contributed by atoms with van der Waals surface area (Å²) in [6.07, 6.45) is 18.4. The summed E-state index contributed by atoms with van der Waals surface area (Å²) in [4.78, 5) is 46.0. The van der Waals surface area contributed by atoms with Crippen LogP contribution < -0.4 is 0 Å². The number of carbonyl (C=O) groups excluding carboxylic acids is 3. The van der Waals surface area contributed by atoms with E-state index in [1.54, 1.807) is 0 Å². The monoisotopic (exact) mass is 773 g/mol. The molecule has 2 spiro atoms. The summed E-state index contributed by atoms with van der Waals surface area (Å²) in [5.74, 6) is 0.0753. The van der Waals surface area contributed by atoms with Gasteiger partial charge in [0.1, 0.15) is 0 Å². The molecule has 0 aromatic heterocycles. The lowest BCUT2D eigenvalue weighted by atomic mass is 9.32. The highest BCUT2D eigenvalue weighted by molar-refractivity contribution is 6.00. The van der Waals surface area contributed by atoms with E-state index in [-0.39, 0.29) is 59.7 Å². The molecule has 2 aromatic rings. The van der Waals surface area contributed by atoms with E-state index in [1.165, 1.54) is 6.42 Å². The van der Waals surface area contributed by atoms with Crippen LogP contribution in [0.4, 0.5) is 0 Å². The van der Waals surface area contributed by atoms with Gasteiger partial charge < -0.3 is 19.8 Å². The maximum absolute atomic E-state index is 15.5. The number of fused-ring (bicyclic) bond motifs is 4. The van der Waals surface area contributed by atoms with Gasteiger partial charge in [0.2, 0.25) is 0 Å². The average molecular weight is 774 g/mol. The number of nitrogens with zero attached hydrogens (tertiary/aromatic N) is 1. The van der Waals surface area contributed by atoms with Gasteiger partial charge in [0.15, 0.2) is 11.4 Å². The number of esters is 1. The number of aliphatic hydroxyl groups excluding tert-OH is 1. The fourth-order valence-electron chi connectivity index (χ4n) is 15.3. The maximum atomic E-state index is 15.5. The Morgan fingerprint density at radius 1 is 0.807 bits per heavy atom. The van der Waals surface area contributed by atoms with Crippen molar-refractivity contribution in [2.45, 2.75) is 148 Å². The number of ketones is 1. The molecule has 1 aliphatic heterocycles. The van der Waals surface area contributed by atoms with Gasteiger partial charge in [-0.2, -0.15) is 0 Å². The molecule has 1 heterocycles. The Morgan fingerprint density at radius 3 is 2.25 bits per heavy atom. The molecule has 57 heavy (non-hydrogen) atoms. The van der Waals surface area contributed by atoms with Gasteiger partial charge in [0.25, 0.3) is 5.91 Å². The fourth-order valence-corrected chi connectivity index (χ4v) is 15.3. The number of aliphatic hydroxyl groups is 2. The molecule has 10 unspecified atom stereocenters. The van der Waals surface area contributed by atoms with Crippen LogP contribution in [0.3, 0.4) is 0 Å². The molecule has 1 amide bonds. The van der Waals surface area contributed by atoms with Gasteiger partial charge in [-0.15, -0.1) is 0 Å². The van der Waals surface area contributed by atoms with Crippen molar-refractivity contribution in [3.05, 3.63) is 71.8 Å². The van der Waals surface area contributed by atoms with Gasteiger partial charge in [0.05, 0.1) is 23.7 Å². The zero-order chi connectivity index (χ0) is 40.0. The summed E-state index contributed by atoms with van der Waals surface area (Å²) in [6.45, 7) is 11.1. The van der Waals surface area contributed by atoms with Crippen molar-refractivity contribution >= 4 is 28.4 Å². The Bertz CT molecular complexity index is 2130. The van der Waals surface area contributed by atoms with E-state index < -0.39 is 32.9 Å². The van der Waals surface area contributed by atoms with Crippen LogP contribution in [0.2, 0.25) is 0 Å². The van der Waals surface area contributed by atoms with Crippen LogP contribution in [0.25, 0.3) is 10.8 Å². The molecule has 8 aliphatic carbocycles. The van der Waals surface area contributed by atoms with Gasteiger partial charge in [-0.25, -0.2) is 0 Å². The minimum Gasteiger partial charge on any atom is -0.448 e. The molecule has 10 atom stereocenters. The first-order valence-corrected chi connectivity index (χ1v) is 22.4. The van der Waals surface area contributed by atoms with Crippen LogP contribution in [0.5, 0.6) is 0 Å². The van der Waals surface area contributed by atoms with Gasteiger partial charge >= 0.3 is 5.97 Å². The standard InChI is InChI=1S/C50H63NO6/c1-43(2)46(5)24-27-50(43,57-42(46)55)41(54)51(30-34-16-11-15-32-12-9-10-17-36(32)34)31-48(56)23-20-39-45(48,4)22-19-38-44(3)21-18-35(52)28-47(44)25-26-49(38,39)37(29-47)40(53)33-13-7-6-8-14-33/h9-12,15-17,25-26,29,33,35,38-39,52,56H,6-8,13-14,18-24,27-28,30-31H2,1-5H3. The third kappa shape index (κ3) is 4.60. The number of carbonyl (C=O) groups is 3. The summed E-state index contributed by atoms with van der Waals surface area (Å²) in [5.41, 5.74) is -3.61. The second kappa shape index (κ2) is 12.1. The first-order valence-electron chi connectivity index (χ1n) is 22.4. The predicted octanol–water partition coefficient (Wildman–Crippen LogP) is 9.03. The summed E-state index contributed by atoms with van der Waals surface area (Å²) >= 11 is 0. The Labute approximate surface area is 338 Å². The van der Waals surface area contributed by atoms with Crippen LogP contribution in [-0.2, 0) is 25.7 Å². The molecule has 7 nitrogen and oxygen atoms in total. The Kier molecular flexibility index (Phi) is 8.09. The lowest BCUT2D eigenvalue weighted by Crippen LogP contribution is -2.68. The Balaban J connectivity index is 1.07. The third-order valence-corrected chi connectivity index (χ3v) is 19.4. The molecule has 304 valence electrons. The largest absolute Gasteiger partial charge is 0.448 e. The molecule has 2 N–H and O–H groups in total. The molecule has 0 radical (unpaired) electrons. The van der Waals surface area contributed by atoms with Gasteiger partial charge in [-0.1, -0.05) is 108 Å². The number of amides is 1. The molecular weight excluding hydrogens is 711 g/mol. The Morgan fingerprint density at radius 2 is 1.51 bits per heavy atom. The third-order valence-electron chi connectivity index (χ3n) is 19.4. The van der Waals surface area contributed by atoms with Crippen molar-refractivity contribution in [3.8, 4) is 0 Å². The highest BCUT2D eigenvalue weighted by Gasteiger charge is 2.78. The van der Waals surface area contributed by atoms with Crippen molar-refractivity contribution in [1.82, 2.24) is 4.90 Å². The smallest absolute Gasteiger partial charge is 0.313 e. The van der Waals surface area contributed by atoms with E-state index in [0.717, 1.165) is 79.7 Å². The second-order valence-electron chi connectivity index (χ2n) is 21.5. The molecule has 5 saturated carbocycles. The van der Waals surface area contributed by atoms with Gasteiger partial charge in [-0.05, 0) is 111 Å². The minimum atomic E-state index is -1.31. The van der Waals surface area contributed by atoms with Crippen LogP contribution in [0.1, 0.15) is 130 Å². The zero-order valence-corrected chi connectivity index (χ0v) is 34.9. The van der Waals surface area contributed by atoms with Crippen LogP contribution in [0, 0.1) is 50.2 Å². The molecule has 6 fully saturated rings. The number of hydrogen-bond donors (Lipinski definition) is 2. The highest BCUT2D eigenvalue weighted by Crippen LogP contribution is 2.78. The van der Waals surface area contributed by atoms with Crippen molar-refractivity contribution < 1.29 is 29.3 Å². The summed E-state index contributed by atoms with van der Waals surface area (Å²) < 4.78 is 6.26. The van der Waals surface area contributed by atoms with E-state index in [4.69, 9.17) is 4.74 Å². The van der Waals surface area contributed by atoms with Crippen LogP contribution in [0.15, 0.2) is 66.3 Å². The molecule has 7 heteroatoms. The number of allylic oxidation sites excluding steroid dienone is 4. The lowest BCUT2D eigenvalue weighted by Gasteiger charge is -2.71. The summed E-state index contributed by atoms with van der Waals surface area (Å²) in [5, 5.41) is 26.8. The molecule has 2 aromatic carbocycles. The predicted molar refractivity (Wildman–Crippen MR) is 219 cm³/mol. The molecule has 1 saturated heterocycles. The zero-order valence-electron chi connectivity index (χ0n) is 34.9. The molecule has 4 bridgehead atoms. The number of Topliss-reactive ketones (excluding diaryl/α,β-unsaturated/α-hetero) is 1. The van der Waals surface area contributed by atoms with Crippen LogP contribution >= 0.6 is 0 Å². The summed E-state index contributed by atoms with van der Waals surface area (Å²) in [6, 6.07) is 14.4. The van der Waals surface area contributed by atoms with Crippen LogP contribution in [-0.4, -0.2) is 56.6 Å². The summed E-state index contributed by atoms with van der Waals surface area (Å²) in [7, 11) is 0. The van der Waals surface area contributed by atoms with Crippen molar-refractivity contribution in [1.29, 1.82) is 0 Å². The van der Waals surface area contributed by atoms with Crippen molar-refractivity contribution in [3.63, 3.8) is 0 Å². The van der Waals surface area contributed by atoms with E-state index in [1.807, 2.05) is 43.9 Å². The van der Waals surface area contributed by atoms with E-state index in [9.17, 15) is 15.0 Å². The van der Waals surface area contributed by atoms with E-state index >= 15 is 9.59 Å². The number of rotatable bonds is 7. The minimum absolute atomic E-state index is 0.00829. The quantitative estimate of drug-likeness (QED) is 0.215. The molecular formula is C50H63NO6. The van der Waals surface area contributed by atoms with Crippen molar-refractivity contribution in [2.75, 3.05) is 6.54 Å². The Hall–Kier alpha value is -3.29.